The summed E-state index contributed by atoms with van der Waals surface area (Å²) in [6.07, 6.45) is 1.31. The zero-order valence-electron chi connectivity index (χ0n) is 10.2. The smallest absolute Gasteiger partial charge is 0.236 e. The van der Waals surface area contributed by atoms with Crippen LogP contribution in [0.25, 0.3) is 15.7 Å². The van der Waals surface area contributed by atoms with Gasteiger partial charge in [0.15, 0.2) is 5.82 Å². The third-order valence-electron chi connectivity index (χ3n) is 2.46. The van der Waals surface area contributed by atoms with Crippen LogP contribution >= 0.6 is 22.7 Å². The van der Waals surface area contributed by atoms with E-state index in [0.717, 1.165) is 11.3 Å². The minimum Gasteiger partial charge on any atom is -0.301 e. The highest BCUT2D eigenvalue weighted by Gasteiger charge is 2.14. The van der Waals surface area contributed by atoms with Gasteiger partial charge in [0, 0.05) is 6.42 Å². The van der Waals surface area contributed by atoms with Crippen molar-refractivity contribution in [2.24, 2.45) is 0 Å². The Kier molecular flexibility index (Phi) is 3.26. The van der Waals surface area contributed by atoms with Gasteiger partial charge in [-0.15, -0.1) is 26.6 Å². The third-order valence-corrected chi connectivity index (χ3v) is 4.14. The SMILES string of the molecule is CCCC(=O)Nc1nn2c(-c3cccs3)nnc2s1. The molecule has 98 valence electrons. The standard InChI is InChI=1S/C11H11N5OS2/c1-2-4-8(17)12-10-15-16-9(7-5-3-6-18-7)13-14-11(16)19-10/h3,5-6H,2,4H2,1H3,(H,12,15,17). The zero-order chi connectivity index (χ0) is 13.2. The fourth-order valence-electron chi connectivity index (χ4n) is 1.64. The maximum absolute atomic E-state index is 11.5. The van der Waals surface area contributed by atoms with Crippen molar-refractivity contribution in [3.63, 3.8) is 0 Å². The summed E-state index contributed by atoms with van der Waals surface area (Å²) >= 11 is 2.90. The summed E-state index contributed by atoms with van der Waals surface area (Å²) in [5.74, 6) is 0.683. The molecule has 0 saturated carbocycles. The van der Waals surface area contributed by atoms with Crippen LogP contribution in [0.4, 0.5) is 5.13 Å². The van der Waals surface area contributed by atoms with Crippen molar-refractivity contribution in [1.82, 2.24) is 19.8 Å². The van der Waals surface area contributed by atoms with Crippen molar-refractivity contribution in [3.8, 4) is 10.7 Å². The molecule has 0 aliphatic rings. The summed E-state index contributed by atoms with van der Waals surface area (Å²) in [7, 11) is 0. The lowest BCUT2D eigenvalue weighted by atomic mass is 10.3. The van der Waals surface area contributed by atoms with Gasteiger partial charge in [0.1, 0.15) is 0 Å². The summed E-state index contributed by atoms with van der Waals surface area (Å²) in [4.78, 5) is 13.2. The van der Waals surface area contributed by atoms with E-state index in [1.165, 1.54) is 11.3 Å². The van der Waals surface area contributed by atoms with Crippen LogP contribution in [0.2, 0.25) is 0 Å². The number of nitrogens with one attached hydrogen (secondary N) is 1. The average Bonchev–Trinajstić information content (AvgIpc) is 3.03. The lowest BCUT2D eigenvalue weighted by Crippen LogP contribution is -2.10. The molecule has 3 aromatic rings. The summed E-state index contributed by atoms with van der Waals surface area (Å²) in [5, 5.41) is 17.8. The molecule has 6 nitrogen and oxygen atoms in total. The molecule has 0 fully saturated rings. The van der Waals surface area contributed by atoms with Crippen LogP contribution in [0.15, 0.2) is 17.5 Å². The van der Waals surface area contributed by atoms with Gasteiger partial charge < -0.3 is 5.32 Å². The Hall–Kier alpha value is -1.80. The number of rotatable bonds is 4. The van der Waals surface area contributed by atoms with Crippen LogP contribution in [0, 0.1) is 0 Å². The first-order valence-electron chi connectivity index (χ1n) is 5.84. The maximum Gasteiger partial charge on any atom is 0.236 e. The van der Waals surface area contributed by atoms with Gasteiger partial charge in [0.25, 0.3) is 0 Å². The Morgan fingerprint density at radius 3 is 3.11 bits per heavy atom. The van der Waals surface area contributed by atoms with Crippen LogP contribution in [0.5, 0.6) is 0 Å². The summed E-state index contributed by atoms with van der Waals surface area (Å²) < 4.78 is 1.66. The van der Waals surface area contributed by atoms with E-state index in [1.54, 1.807) is 15.9 Å². The Morgan fingerprint density at radius 2 is 2.37 bits per heavy atom. The molecule has 0 bridgehead atoms. The van der Waals surface area contributed by atoms with Crippen molar-refractivity contribution in [3.05, 3.63) is 17.5 Å². The van der Waals surface area contributed by atoms with Gasteiger partial charge in [-0.3, -0.25) is 4.79 Å². The number of carbonyl (C=O) groups excluding carboxylic acids is 1. The van der Waals surface area contributed by atoms with E-state index >= 15 is 0 Å². The fourth-order valence-corrected chi connectivity index (χ4v) is 3.08. The van der Waals surface area contributed by atoms with Crippen LogP contribution in [0.3, 0.4) is 0 Å². The van der Waals surface area contributed by atoms with Gasteiger partial charge in [-0.05, 0) is 17.9 Å². The van der Waals surface area contributed by atoms with Crippen LogP contribution < -0.4 is 5.32 Å². The Balaban J connectivity index is 1.92. The first-order chi connectivity index (χ1) is 9.28. The number of aromatic nitrogens is 4. The van der Waals surface area contributed by atoms with Crippen LogP contribution in [-0.4, -0.2) is 25.7 Å². The van der Waals surface area contributed by atoms with Crippen molar-refractivity contribution in [2.75, 3.05) is 5.32 Å². The van der Waals surface area contributed by atoms with Crippen molar-refractivity contribution in [2.45, 2.75) is 19.8 Å². The molecule has 0 aromatic carbocycles. The number of hydrogen-bond donors (Lipinski definition) is 1. The second kappa shape index (κ2) is 5.06. The molecule has 0 radical (unpaired) electrons. The normalized spacial score (nSPS) is 11.0. The van der Waals surface area contributed by atoms with Crippen molar-refractivity contribution < 1.29 is 4.79 Å². The fraction of sp³-hybridized carbons (Fsp3) is 0.273. The van der Waals surface area contributed by atoms with E-state index < -0.39 is 0 Å². The van der Waals surface area contributed by atoms with E-state index in [1.807, 2.05) is 24.4 Å². The number of fused-ring (bicyclic) bond motifs is 1. The predicted molar refractivity (Wildman–Crippen MR) is 75.5 cm³/mol. The Labute approximate surface area is 117 Å². The lowest BCUT2D eigenvalue weighted by Gasteiger charge is -1.97. The van der Waals surface area contributed by atoms with Gasteiger partial charge in [0.2, 0.25) is 16.0 Å². The first kappa shape index (κ1) is 12.2. The molecule has 0 atom stereocenters. The monoisotopic (exact) mass is 293 g/mol. The summed E-state index contributed by atoms with van der Waals surface area (Å²) in [6, 6.07) is 3.92. The van der Waals surface area contributed by atoms with Crippen molar-refractivity contribution in [1.29, 1.82) is 0 Å². The molecule has 1 amide bonds. The maximum atomic E-state index is 11.5. The number of hydrogen-bond acceptors (Lipinski definition) is 6. The highest BCUT2D eigenvalue weighted by atomic mass is 32.1. The number of carbonyl (C=O) groups is 1. The quantitative estimate of drug-likeness (QED) is 0.802. The largest absolute Gasteiger partial charge is 0.301 e. The molecule has 1 N–H and O–H groups in total. The van der Waals surface area contributed by atoms with E-state index in [4.69, 9.17) is 0 Å². The summed E-state index contributed by atoms with van der Waals surface area (Å²) in [6.45, 7) is 1.97. The molecular formula is C11H11N5OS2. The van der Waals surface area contributed by atoms with Gasteiger partial charge >= 0.3 is 0 Å². The van der Waals surface area contributed by atoms with Crippen LogP contribution in [-0.2, 0) is 4.79 Å². The summed E-state index contributed by atoms with van der Waals surface area (Å²) in [5.41, 5.74) is 0. The molecule has 0 aliphatic carbocycles. The molecule has 3 rings (SSSR count). The lowest BCUT2D eigenvalue weighted by molar-refractivity contribution is -0.116. The van der Waals surface area contributed by atoms with Crippen molar-refractivity contribution >= 4 is 38.7 Å². The first-order valence-corrected chi connectivity index (χ1v) is 7.53. The van der Waals surface area contributed by atoms with Crippen LogP contribution in [0.1, 0.15) is 19.8 Å². The molecule has 0 saturated heterocycles. The van der Waals surface area contributed by atoms with Gasteiger partial charge in [-0.1, -0.05) is 24.3 Å². The third kappa shape index (κ3) is 2.36. The predicted octanol–water partition coefficient (Wildman–Crippen LogP) is 2.65. The van der Waals surface area contributed by atoms with Gasteiger partial charge in [-0.2, -0.15) is 4.52 Å². The molecule has 3 aromatic heterocycles. The van der Waals surface area contributed by atoms with E-state index in [2.05, 4.69) is 20.6 Å². The highest BCUT2D eigenvalue weighted by Crippen LogP contribution is 2.26. The second-order valence-electron chi connectivity index (χ2n) is 3.90. The van der Waals surface area contributed by atoms with Gasteiger partial charge in [-0.25, -0.2) is 0 Å². The molecule has 0 spiro atoms. The molecular weight excluding hydrogens is 282 g/mol. The number of anilines is 1. The molecule has 0 unspecified atom stereocenters. The molecule has 8 heteroatoms. The minimum atomic E-state index is -0.0230. The highest BCUT2D eigenvalue weighted by molar-refractivity contribution is 7.20. The van der Waals surface area contributed by atoms with E-state index in [9.17, 15) is 4.79 Å². The Bertz CT molecular complexity index is 700. The average molecular weight is 293 g/mol. The molecule has 19 heavy (non-hydrogen) atoms. The number of thiophene rings is 1. The van der Waals surface area contributed by atoms with Gasteiger partial charge in [0.05, 0.1) is 4.88 Å². The van der Waals surface area contributed by atoms with E-state index in [0.29, 0.717) is 22.3 Å². The number of nitrogens with zero attached hydrogens (tertiary/aromatic N) is 4. The zero-order valence-corrected chi connectivity index (χ0v) is 11.8. The topological polar surface area (TPSA) is 72.2 Å². The molecule has 3 heterocycles. The molecule has 0 aliphatic heterocycles. The number of amides is 1. The second-order valence-corrected chi connectivity index (χ2v) is 5.80. The Morgan fingerprint density at radius 1 is 1.47 bits per heavy atom. The minimum absolute atomic E-state index is 0.0230. The van der Waals surface area contributed by atoms with E-state index in [-0.39, 0.29) is 5.91 Å².